The highest BCUT2D eigenvalue weighted by atomic mass is 32.1. The van der Waals surface area contributed by atoms with Crippen molar-refractivity contribution in [1.29, 1.82) is 0 Å². The van der Waals surface area contributed by atoms with E-state index in [2.05, 4.69) is 29.2 Å². The number of rotatable bonds is 1. The summed E-state index contributed by atoms with van der Waals surface area (Å²) in [7, 11) is 0. The average molecular weight is 391 g/mol. The number of amides is 1. The number of anilines is 2. The maximum atomic E-state index is 13.3. The van der Waals surface area contributed by atoms with E-state index in [9.17, 15) is 4.79 Å². The molecule has 1 saturated heterocycles. The molecule has 0 aliphatic carbocycles. The minimum atomic E-state index is 0.0382. The minimum absolute atomic E-state index is 0.0382. The van der Waals surface area contributed by atoms with Crippen molar-refractivity contribution in [2.75, 3.05) is 30.3 Å². The molecule has 0 radical (unpaired) electrons. The number of carbonyl (C=O) groups is 1. The lowest BCUT2D eigenvalue weighted by molar-refractivity contribution is 0.0740. The summed E-state index contributed by atoms with van der Waals surface area (Å²) >= 11 is 1.46. The van der Waals surface area contributed by atoms with Crippen LogP contribution in [0.5, 0.6) is 0 Å². The Balaban J connectivity index is 1.39. The van der Waals surface area contributed by atoms with Crippen LogP contribution in [0.3, 0.4) is 0 Å². The van der Waals surface area contributed by atoms with E-state index in [1.807, 2.05) is 11.0 Å². The molecule has 7 rings (SSSR count). The molecule has 28 heavy (non-hydrogen) atoms. The van der Waals surface area contributed by atoms with Gasteiger partial charge in [0.15, 0.2) is 0 Å². The highest BCUT2D eigenvalue weighted by Gasteiger charge is 2.34. The number of nitrogens with two attached hydrogens (primary N) is 1. The number of pyridine rings is 1. The van der Waals surface area contributed by atoms with Crippen LogP contribution in [0.1, 0.15) is 45.3 Å². The molecule has 6 heteroatoms. The second-order valence-corrected chi connectivity index (χ2v) is 9.10. The van der Waals surface area contributed by atoms with Crippen molar-refractivity contribution in [3.8, 4) is 0 Å². The van der Waals surface area contributed by atoms with Crippen LogP contribution < -0.4 is 10.6 Å². The molecule has 5 nitrogen and oxygen atoms in total. The maximum Gasteiger partial charge on any atom is 0.266 e. The van der Waals surface area contributed by atoms with E-state index < -0.39 is 0 Å². The molecule has 4 aliphatic heterocycles. The Morgan fingerprint density at radius 3 is 2.75 bits per heavy atom. The normalized spacial score (nSPS) is 18.4. The third-order valence-corrected chi connectivity index (χ3v) is 7.67. The van der Waals surface area contributed by atoms with Crippen molar-refractivity contribution >= 4 is 38.8 Å². The number of nitrogens with zero attached hydrogens (tertiary/aromatic N) is 3. The van der Waals surface area contributed by atoms with Gasteiger partial charge >= 0.3 is 0 Å². The van der Waals surface area contributed by atoms with Gasteiger partial charge in [0.2, 0.25) is 0 Å². The zero-order valence-corrected chi connectivity index (χ0v) is 16.5. The average Bonchev–Trinajstić information content (AvgIpc) is 3.08. The molecular formula is C22H22N4OS. The van der Waals surface area contributed by atoms with E-state index in [4.69, 9.17) is 10.7 Å². The van der Waals surface area contributed by atoms with E-state index in [-0.39, 0.29) is 5.91 Å². The third kappa shape index (κ3) is 2.30. The number of piperidine rings is 1. The van der Waals surface area contributed by atoms with Crippen LogP contribution in [0.4, 0.5) is 11.4 Å². The zero-order chi connectivity index (χ0) is 18.8. The molecule has 2 aromatic heterocycles. The molecule has 0 unspecified atom stereocenters. The summed E-state index contributed by atoms with van der Waals surface area (Å²) in [6.45, 7) is 3.60. The Kier molecular flexibility index (Phi) is 3.48. The van der Waals surface area contributed by atoms with Crippen LogP contribution in [-0.2, 0) is 13.0 Å². The molecule has 6 heterocycles. The molecule has 1 amide bonds. The van der Waals surface area contributed by atoms with E-state index >= 15 is 0 Å². The molecule has 0 atom stereocenters. The van der Waals surface area contributed by atoms with Crippen molar-refractivity contribution in [3.05, 3.63) is 52.0 Å². The summed E-state index contributed by atoms with van der Waals surface area (Å²) in [5.74, 6) is 0.599. The fourth-order valence-electron chi connectivity index (χ4n) is 4.96. The zero-order valence-electron chi connectivity index (χ0n) is 15.6. The molecule has 3 aromatic rings. The minimum Gasteiger partial charge on any atom is -0.397 e. The van der Waals surface area contributed by atoms with Crippen molar-refractivity contribution < 1.29 is 4.79 Å². The molecule has 1 fully saturated rings. The Bertz CT molecular complexity index is 1110. The van der Waals surface area contributed by atoms with Gasteiger partial charge < -0.3 is 15.5 Å². The van der Waals surface area contributed by atoms with Crippen LogP contribution >= 0.6 is 11.3 Å². The van der Waals surface area contributed by atoms with Gasteiger partial charge in [-0.15, -0.1) is 11.3 Å². The van der Waals surface area contributed by atoms with Gasteiger partial charge in [0, 0.05) is 37.5 Å². The van der Waals surface area contributed by atoms with E-state index in [1.54, 1.807) is 0 Å². The van der Waals surface area contributed by atoms with Gasteiger partial charge in [-0.1, -0.05) is 24.3 Å². The second-order valence-electron chi connectivity index (χ2n) is 8.10. The standard InChI is InChI=1S/C22H22N4OS/c23-18-16-11-17-19(14-6-8-25(17)9-7-14)24-21(16)28-20(18)22(27)26-10-5-13-3-1-2-4-15(13)12-26/h1-4,11,14H,5-10,12,23H2. The quantitative estimate of drug-likeness (QED) is 0.687. The van der Waals surface area contributed by atoms with Crippen LogP contribution in [-0.4, -0.2) is 35.4 Å². The molecule has 4 aliphatic rings. The fourth-order valence-corrected chi connectivity index (χ4v) is 6.02. The summed E-state index contributed by atoms with van der Waals surface area (Å²) in [6, 6.07) is 10.6. The SMILES string of the molecule is Nc1c(C(=O)N2CCc3ccccc3C2)sc2nc3c(cc12)N1CCC3CC1. The predicted molar refractivity (Wildman–Crippen MR) is 113 cm³/mol. The van der Waals surface area contributed by atoms with Gasteiger partial charge in [0.1, 0.15) is 9.71 Å². The lowest BCUT2D eigenvalue weighted by Gasteiger charge is -2.41. The fraction of sp³-hybridized carbons (Fsp3) is 0.364. The first-order chi connectivity index (χ1) is 13.7. The van der Waals surface area contributed by atoms with Gasteiger partial charge in [-0.05, 0) is 36.5 Å². The summed E-state index contributed by atoms with van der Waals surface area (Å²) in [4.78, 5) is 24.1. The Labute approximate surface area is 167 Å². The van der Waals surface area contributed by atoms with Crippen LogP contribution in [0.15, 0.2) is 30.3 Å². The molecule has 0 spiro atoms. The van der Waals surface area contributed by atoms with Crippen molar-refractivity contribution in [2.45, 2.75) is 31.7 Å². The van der Waals surface area contributed by atoms with E-state index in [0.717, 1.165) is 36.3 Å². The van der Waals surface area contributed by atoms with Gasteiger partial charge in [-0.3, -0.25) is 4.79 Å². The van der Waals surface area contributed by atoms with Gasteiger partial charge in [-0.25, -0.2) is 4.98 Å². The monoisotopic (exact) mass is 390 g/mol. The molecule has 2 N–H and O–H groups in total. The molecule has 1 aromatic carbocycles. The van der Waals surface area contributed by atoms with Crippen LogP contribution in [0, 0.1) is 0 Å². The number of aromatic nitrogens is 1. The van der Waals surface area contributed by atoms with E-state index in [0.29, 0.717) is 23.0 Å². The first kappa shape index (κ1) is 16.4. The van der Waals surface area contributed by atoms with E-state index in [1.165, 1.54) is 46.7 Å². The smallest absolute Gasteiger partial charge is 0.266 e. The number of nitrogen functional groups attached to an aromatic ring is 1. The summed E-state index contributed by atoms with van der Waals surface area (Å²) in [5, 5.41) is 0.942. The number of fused-ring (bicyclic) bond motifs is 4. The third-order valence-electron chi connectivity index (χ3n) is 6.56. The summed E-state index contributed by atoms with van der Waals surface area (Å²) in [6.07, 6.45) is 3.27. The lowest BCUT2D eigenvalue weighted by Crippen LogP contribution is -2.39. The summed E-state index contributed by atoms with van der Waals surface area (Å²) in [5.41, 5.74) is 12.1. The highest BCUT2D eigenvalue weighted by Crippen LogP contribution is 2.45. The topological polar surface area (TPSA) is 62.5 Å². The van der Waals surface area contributed by atoms with Gasteiger partial charge in [-0.2, -0.15) is 0 Å². The predicted octanol–water partition coefficient (Wildman–Crippen LogP) is 3.77. The lowest BCUT2D eigenvalue weighted by atomic mass is 9.86. The number of hydrogen-bond acceptors (Lipinski definition) is 5. The van der Waals surface area contributed by atoms with Crippen molar-refractivity contribution in [2.24, 2.45) is 0 Å². The van der Waals surface area contributed by atoms with Crippen LogP contribution in [0.25, 0.3) is 10.2 Å². The highest BCUT2D eigenvalue weighted by molar-refractivity contribution is 7.21. The van der Waals surface area contributed by atoms with Crippen molar-refractivity contribution in [1.82, 2.24) is 9.88 Å². The first-order valence-electron chi connectivity index (χ1n) is 10.0. The van der Waals surface area contributed by atoms with Gasteiger partial charge in [0.25, 0.3) is 5.91 Å². The molecule has 142 valence electrons. The second kappa shape index (κ2) is 5.95. The maximum absolute atomic E-state index is 13.3. The molecule has 0 saturated carbocycles. The number of benzene rings is 1. The summed E-state index contributed by atoms with van der Waals surface area (Å²) < 4.78 is 0. The van der Waals surface area contributed by atoms with Gasteiger partial charge in [0.05, 0.1) is 17.1 Å². The Hall–Kier alpha value is -2.60. The largest absolute Gasteiger partial charge is 0.397 e. The first-order valence-corrected chi connectivity index (χ1v) is 10.8. The van der Waals surface area contributed by atoms with Crippen LogP contribution in [0.2, 0.25) is 0 Å². The van der Waals surface area contributed by atoms with Crippen molar-refractivity contribution in [3.63, 3.8) is 0 Å². The Morgan fingerprint density at radius 1 is 1.14 bits per heavy atom. The molecule has 2 bridgehead atoms. The Morgan fingerprint density at radius 2 is 1.93 bits per heavy atom. The molecular weight excluding hydrogens is 368 g/mol. The number of carbonyl (C=O) groups excluding carboxylic acids is 1. The number of thiophene rings is 1. The number of hydrogen-bond donors (Lipinski definition) is 1.